The second kappa shape index (κ2) is 2.90. The van der Waals surface area contributed by atoms with Crippen molar-refractivity contribution >= 4 is 5.91 Å². The lowest BCUT2D eigenvalue weighted by atomic mass is 9.97. The van der Waals surface area contributed by atoms with E-state index < -0.39 is 0 Å². The minimum Gasteiger partial charge on any atom is -0.332 e. The van der Waals surface area contributed by atoms with Gasteiger partial charge in [0, 0.05) is 19.0 Å². The number of nitrogens with zero attached hydrogens (tertiary/aromatic N) is 1. The summed E-state index contributed by atoms with van der Waals surface area (Å²) in [7, 11) is 0. The molecule has 0 bridgehead atoms. The molecule has 1 aliphatic heterocycles. The summed E-state index contributed by atoms with van der Waals surface area (Å²) in [5.41, 5.74) is 5.61. The van der Waals surface area contributed by atoms with Crippen molar-refractivity contribution in [1.29, 1.82) is 0 Å². The zero-order valence-electron chi connectivity index (χ0n) is 7.71. The zero-order chi connectivity index (χ0) is 9.35. The van der Waals surface area contributed by atoms with E-state index in [1.807, 2.05) is 13.8 Å². The number of hydrogen-bond acceptors (Lipinski definition) is 2. The van der Waals surface area contributed by atoms with Crippen LogP contribution in [-0.4, -0.2) is 28.9 Å². The van der Waals surface area contributed by atoms with Crippen molar-refractivity contribution in [2.75, 3.05) is 6.54 Å². The molecule has 1 unspecified atom stereocenters. The zero-order valence-corrected chi connectivity index (χ0v) is 7.71. The van der Waals surface area contributed by atoms with Crippen molar-refractivity contribution in [2.45, 2.75) is 31.8 Å². The molecule has 0 spiro atoms. The Balaban J connectivity index is 2.83. The third-order valence-corrected chi connectivity index (χ3v) is 2.61. The normalized spacial score (nSPS) is 27.8. The first-order chi connectivity index (χ1) is 5.50. The summed E-state index contributed by atoms with van der Waals surface area (Å²) in [4.78, 5) is 13.2. The largest absolute Gasteiger partial charge is 0.332 e. The summed E-state index contributed by atoms with van der Waals surface area (Å²) >= 11 is 0. The van der Waals surface area contributed by atoms with Crippen molar-refractivity contribution in [3.8, 4) is 0 Å². The maximum atomic E-state index is 11.4. The standard InChI is InChI=1S/C9H16N2O/c1-4-5-11-8(12)6-7(10)9(11,2)3/h4,7H,1,5-6,10H2,2-3H3. The van der Waals surface area contributed by atoms with Crippen molar-refractivity contribution in [1.82, 2.24) is 4.90 Å². The number of hydrogen-bond donors (Lipinski definition) is 1. The second-order valence-electron chi connectivity index (χ2n) is 3.76. The van der Waals surface area contributed by atoms with E-state index in [0.29, 0.717) is 13.0 Å². The molecule has 12 heavy (non-hydrogen) atoms. The summed E-state index contributed by atoms with van der Waals surface area (Å²) in [5.74, 6) is 0.132. The fraction of sp³-hybridized carbons (Fsp3) is 0.667. The Morgan fingerprint density at radius 2 is 2.42 bits per heavy atom. The van der Waals surface area contributed by atoms with Crippen LogP contribution in [0.4, 0.5) is 0 Å². The van der Waals surface area contributed by atoms with Crippen LogP contribution in [0.3, 0.4) is 0 Å². The van der Waals surface area contributed by atoms with Gasteiger partial charge in [-0.15, -0.1) is 6.58 Å². The summed E-state index contributed by atoms with van der Waals surface area (Å²) < 4.78 is 0. The van der Waals surface area contributed by atoms with E-state index in [1.165, 1.54) is 0 Å². The average Bonchev–Trinajstić information content (AvgIpc) is 2.14. The van der Waals surface area contributed by atoms with E-state index in [2.05, 4.69) is 6.58 Å². The molecule has 1 atom stereocenters. The van der Waals surface area contributed by atoms with Crippen LogP contribution in [0.5, 0.6) is 0 Å². The maximum absolute atomic E-state index is 11.4. The molecule has 0 aliphatic carbocycles. The summed E-state index contributed by atoms with van der Waals surface area (Å²) in [6.07, 6.45) is 2.19. The lowest BCUT2D eigenvalue weighted by molar-refractivity contribution is -0.129. The van der Waals surface area contributed by atoms with Gasteiger partial charge in [0.1, 0.15) is 0 Å². The highest BCUT2D eigenvalue weighted by Gasteiger charge is 2.43. The van der Waals surface area contributed by atoms with Crippen LogP contribution in [0, 0.1) is 0 Å². The van der Waals surface area contributed by atoms with E-state index in [4.69, 9.17) is 5.73 Å². The number of rotatable bonds is 2. The van der Waals surface area contributed by atoms with E-state index in [9.17, 15) is 4.79 Å². The van der Waals surface area contributed by atoms with Crippen LogP contribution in [0.25, 0.3) is 0 Å². The molecule has 2 N–H and O–H groups in total. The first-order valence-electron chi connectivity index (χ1n) is 4.17. The fourth-order valence-electron chi connectivity index (χ4n) is 1.54. The molecule has 1 fully saturated rings. The topological polar surface area (TPSA) is 46.3 Å². The summed E-state index contributed by atoms with van der Waals surface area (Å²) in [6.45, 7) is 8.20. The van der Waals surface area contributed by atoms with Gasteiger partial charge in [0.2, 0.25) is 5.91 Å². The average molecular weight is 168 g/mol. The van der Waals surface area contributed by atoms with Gasteiger partial charge in [-0.25, -0.2) is 0 Å². The molecular formula is C9H16N2O. The molecule has 1 heterocycles. The Kier molecular flexibility index (Phi) is 2.24. The molecule has 68 valence electrons. The van der Waals surface area contributed by atoms with Gasteiger partial charge in [0.25, 0.3) is 0 Å². The Hall–Kier alpha value is -0.830. The van der Waals surface area contributed by atoms with Crippen molar-refractivity contribution in [2.24, 2.45) is 5.73 Å². The first-order valence-corrected chi connectivity index (χ1v) is 4.17. The predicted molar refractivity (Wildman–Crippen MR) is 48.6 cm³/mol. The molecule has 1 rings (SSSR count). The van der Waals surface area contributed by atoms with E-state index in [1.54, 1.807) is 11.0 Å². The second-order valence-corrected chi connectivity index (χ2v) is 3.76. The van der Waals surface area contributed by atoms with Crippen LogP contribution in [0.15, 0.2) is 12.7 Å². The molecular weight excluding hydrogens is 152 g/mol. The molecule has 0 radical (unpaired) electrons. The Morgan fingerprint density at radius 1 is 1.83 bits per heavy atom. The van der Waals surface area contributed by atoms with Gasteiger partial charge >= 0.3 is 0 Å². The Labute approximate surface area is 73.2 Å². The first kappa shape index (κ1) is 9.26. The number of nitrogens with two attached hydrogens (primary N) is 1. The lowest BCUT2D eigenvalue weighted by Crippen LogP contribution is -2.49. The van der Waals surface area contributed by atoms with Crippen molar-refractivity contribution in [3.63, 3.8) is 0 Å². The minimum absolute atomic E-state index is 0.0510. The molecule has 3 nitrogen and oxygen atoms in total. The van der Waals surface area contributed by atoms with E-state index >= 15 is 0 Å². The molecule has 3 heteroatoms. The molecule has 0 aromatic rings. The highest BCUT2D eigenvalue weighted by Crippen LogP contribution is 2.27. The molecule has 1 saturated heterocycles. The van der Waals surface area contributed by atoms with Gasteiger partial charge in [-0.05, 0) is 13.8 Å². The number of carbonyl (C=O) groups is 1. The van der Waals surface area contributed by atoms with Crippen LogP contribution in [-0.2, 0) is 4.79 Å². The highest BCUT2D eigenvalue weighted by atomic mass is 16.2. The smallest absolute Gasteiger partial charge is 0.225 e. The van der Waals surface area contributed by atoms with Crippen LogP contribution in [0.1, 0.15) is 20.3 Å². The van der Waals surface area contributed by atoms with E-state index in [0.717, 1.165) is 0 Å². The molecule has 0 aromatic heterocycles. The van der Waals surface area contributed by atoms with Gasteiger partial charge in [0.05, 0.1) is 5.54 Å². The van der Waals surface area contributed by atoms with Crippen molar-refractivity contribution < 1.29 is 4.79 Å². The molecule has 1 aliphatic rings. The molecule has 0 saturated carbocycles. The number of carbonyl (C=O) groups excluding carboxylic acids is 1. The summed E-state index contributed by atoms with van der Waals surface area (Å²) in [6, 6.07) is -0.0510. The highest BCUT2D eigenvalue weighted by molar-refractivity contribution is 5.81. The maximum Gasteiger partial charge on any atom is 0.225 e. The van der Waals surface area contributed by atoms with Crippen LogP contribution in [0.2, 0.25) is 0 Å². The SMILES string of the molecule is C=CCN1C(=O)CC(N)C1(C)C. The summed E-state index contributed by atoms with van der Waals surface area (Å²) in [5, 5.41) is 0. The van der Waals surface area contributed by atoms with Crippen LogP contribution >= 0.6 is 0 Å². The van der Waals surface area contributed by atoms with Gasteiger partial charge in [0.15, 0.2) is 0 Å². The minimum atomic E-state index is -0.217. The lowest BCUT2D eigenvalue weighted by Gasteiger charge is -2.33. The molecule has 1 amide bonds. The Morgan fingerprint density at radius 3 is 2.75 bits per heavy atom. The third-order valence-electron chi connectivity index (χ3n) is 2.61. The monoisotopic (exact) mass is 168 g/mol. The van der Waals surface area contributed by atoms with Gasteiger partial charge in [-0.3, -0.25) is 4.79 Å². The number of amides is 1. The van der Waals surface area contributed by atoms with Gasteiger partial charge in [-0.2, -0.15) is 0 Å². The van der Waals surface area contributed by atoms with Crippen LogP contribution < -0.4 is 5.73 Å². The van der Waals surface area contributed by atoms with E-state index in [-0.39, 0.29) is 17.5 Å². The Bertz CT molecular complexity index is 211. The fourth-order valence-corrected chi connectivity index (χ4v) is 1.54. The van der Waals surface area contributed by atoms with Gasteiger partial charge < -0.3 is 10.6 Å². The van der Waals surface area contributed by atoms with Gasteiger partial charge in [-0.1, -0.05) is 6.08 Å². The molecule has 0 aromatic carbocycles. The quantitative estimate of drug-likeness (QED) is 0.611. The predicted octanol–water partition coefficient (Wildman–Crippen LogP) is 0.511. The third kappa shape index (κ3) is 1.25. The van der Waals surface area contributed by atoms with Crippen molar-refractivity contribution in [3.05, 3.63) is 12.7 Å². The number of likely N-dealkylation sites (tertiary alicyclic amines) is 1.